The predicted octanol–water partition coefficient (Wildman–Crippen LogP) is 1.89. The Hall–Kier alpha value is -1.46. The Morgan fingerprint density at radius 2 is 2.31 bits per heavy atom. The topological polar surface area (TPSA) is 67.8 Å². The molecule has 0 saturated carbocycles. The molecule has 0 aromatic heterocycles. The van der Waals surface area contributed by atoms with Gasteiger partial charge >= 0.3 is 6.09 Å². The average molecular weight is 246 g/mol. The number of carbonyl (C=O) groups is 1. The van der Waals surface area contributed by atoms with Gasteiger partial charge in [0.15, 0.2) is 0 Å². The molecule has 2 N–H and O–H groups in total. The summed E-state index contributed by atoms with van der Waals surface area (Å²) in [6.07, 6.45) is -0.677. The summed E-state index contributed by atoms with van der Waals surface area (Å²) < 4.78 is 9.61. The number of aliphatic hydroxyl groups is 1. The zero-order valence-corrected chi connectivity index (χ0v) is 9.45. The average Bonchev–Trinajstić information content (AvgIpc) is 2.29. The molecule has 0 unspecified atom stereocenters. The molecular formula is C10H12ClNO4. The molecule has 0 fully saturated rings. The number of rotatable bonds is 4. The van der Waals surface area contributed by atoms with Crippen LogP contribution in [0.25, 0.3) is 0 Å². The van der Waals surface area contributed by atoms with E-state index in [1.54, 1.807) is 18.2 Å². The van der Waals surface area contributed by atoms with Crippen LogP contribution in [0.2, 0.25) is 5.02 Å². The van der Waals surface area contributed by atoms with Gasteiger partial charge in [-0.25, -0.2) is 4.79 Å². The van der Waals surface area contributed by atoms with Crippen molar-refractivity contribution >= 4 is 23.4 Å². The molecule has 1 amide bonds. The van der Waals surface area contributed by atoms with Crippen LogP contribution in [0.5, 0.6) is 5.75 Å². The van der Waals surface area contributed by atoms with Gasteiger partial charge in [-0.2, -0.15) is 0 Å². The van der Waals surface area contributed by atoms with Crippen molar-refractivity contribution in [2.24, 2.45) is 0 Å². The molecule has 88 valence electrons. The van der Waals surface area contributed by atoms with Gasteiger partial charge in [-0.05, 0) is 12.1 Å². The summed E-state index contributed by atoms with van der Waals surface area (Å²) in [7, 11) is 1.51. The van der Waals surface area contributed by atoms with Gasteiger partial charge in [-0.1, -0.05) is 11.6 Å². The van der Waals surface area contributed by atoms with Crippen LogP contribution in [-0.2, 0) is 4.74 Å². The van der Waals surface area contributed by atoms with E-state index in [1.165, 1.54) is 7.11 Å². The number of amides is 1. The molecule has 1 rings (SSSR count). The lowest BCUT2D eigenvalue weighted by Crippen LogP contribution is -2.16. The second-order valence-corrected chi connectivity index (χ2v) is 3.24. The number of halogens is 1. The van der Waals surface area contributed by atoms with Crippen LogP contribution in [0, 0.1) is 0 Å². The Balaban J connectivity index is 2.68. The molecule has 16 heavy (non-hydrogen) atoms. The van der Waals surface area contributed by atoms with Crippen molar-refractivity contribution in [2.45, 2.75) is 0 Å². The summed E-state index contributed by atoms with van der Waals surface area (Å²) in [5, 5.41) is 11.3. The molecule has 0 radical (unpaired) electrons. The molecule has 5 nitrogen and oxygen atoms in total. The fraction of sp³-hybridized carbons (Fsp3) is 0.300. The summed E-state index contributed by atoms with van der Waals surface area (Å²) in [5.41, 5.74) is 0.393. The molecule has 1 aromatic carbocycles. The number of aliphatic hydroxyl groups excluding tert-OH is 1. The number of benzene rings is 1. The highest BCUT2D eigenvalue weighted by atomic mass is 35.5. The van der Waals surface area contributed by atoms with E-state index in [9.17, 15) is 4.79 Å². The van der Waals surface area contributed by atoms with Gasteiger partial charge in [0.05, 0.1) is 24.4 Å². The zero-order chi connectivity index (χ0) is 12.0. The standard InChI is InChI=1S/C10H12ClNO4/c1-15-7-2-3-8(11)9(6-7)12-10(14)16-5-4-13/h2-3,6,13H,4-5H2,1H3,(H,12,14). The third-order valence-electron chi connectivity index (χ3n) is 1.73. The van der Waals surface area contributed by atoms with Crippen molar-refractivity contribution in [2.75, 3.05) is 25.6 Å². The van der Waals surface area contributed by atoms with Crippen LogP contribution in [0.1, 0.15) is 0 Å². The quantitative estimate of drug-likeness (QED) is 0.850. The normalized spacial score (nSPS) is 9.69. The summed E-state index contributed by atoms with van der Waals surface area (Å²) in [5.74, 6) is 0.571. The minimum absolute atomic E-state index is 0.0621. The first-order chi connectivity index (χ1) is 7.67. The maximum atomic E-state index is 11.2. The van der Waals surface area contributed by atoms with Gasteiger partial charge in [0.2, 0.25) is 0 Å². The smallest absolute Gasteiger partial charge is 0.411 e. The highest BCUT2D eigenvalue weighted by Crippen LogP contribution is 2.26. The van der Waals surface area contributed by atoms with Crippen LogP contribution in [0.4, 0.5) is 10.5 Å². The second-order valence-electron chi connectivity index (χ2n) is 2.83. The van der Waals surface area contributed by atoms with E-state index in [0.29, 0.717) is 16.5 Å². The fourth-order valence-electron chi connectivity index (χ4n) is 1.01. The summed E-state index contributed by atoms with van der Waals surface area (Å²) in [6.45, 7) is -0.285. The highest BCUT2D eigenvalue weighted by molar-refractivity contribution is 6.33. The number of carbonyl (C=O) groups excluding carboxylic acids is 1. The molecule has 1 aromatic rings. The van der Waals surface area contributed by atoms with Gasteiger partial charge in [0.1, 0.15) is 12.4 Å². The number of methoxy groups -OCH3 is 1. The molecule has 0 spiro atoms. The first kappa shape index (κ1) is 12.6. The Morgan fingerprint density at radius 1 is 1.56 bits per heavy atom. The lowest BCUT2D eigenvalue weighted by Gasteiger charge is -2.08. The minimum atomic E-state index is -0.677. The number of anilines is 1. The Kier molecular flexibility index (Phi) is 4.88. The molecule has 0 aliphatic carbocycles. The molecule has 0 bridgehead atoms. The summed E-state index contributed by atoms with van der Waals surface area (Å²) in [6, 6.07) is 4.84. The van der Waals surface area contributed by atoms with Crippen molar-refractivity contribution < 1.29 is 19.4 Å². The lowest BCUT2D eigenvalue weighted by molar-refractivity contribution is 0.131. The molecule has 6 heteroatoms. The van der Waals surface area contributed by atoms with Gasteiger partial charge in [0.25, 0.3) is 0 Å². The second kappa shape index (κ2) is 6.19. The van der Waals surface area contributed by atoms with Crippen LogP contribution < -0.4 is 10.1 Å². The fourth-order valence-corrected chi connectivity index (χ4v) is 1.18. The van der Waals surface area contributed by atoms with Crippen molar-refractivity contribution in [1.29, 1.82) is 0 Å². The maximum absolute atomic E-state index is 11.2. The van der Waals surface area contributed by atoms with E-state index in [4.69, 9.17) is 21.4 Å². The van der Waals surface area contributed by atoms with Gasteiger partial charge in [-0.3, -0.25) is 5.32 Å². The lowest BCUT2D eigenvalue weighted by atomic mass is 10.3. The largest absolute Gasteiger partial charge is 0.497 e. The van der Waals surface area contributed by atoms with Gasteiger partial charge in [0, 0.05) is 6.07 Å². The third kappa shape index (κ3) is 3.60. The number of ether oxygens (including phenoxy) is 2. The van der Waals surface area contributed by atoms with Crippen LogP contribution in [0.3, 0.4) is 0 Å². The van der Waals surface area contributed by atoms with Crippen molar-refractivity contribution in [3.05, 3.63) is 23.2 Å². The summed E-state index contributed by atoms with van der Waals surface area (Å²) in [4.78, 5) is 11.2. The Morgan fingerprint density at radius 3 is 2.94 bits per heavy atom. The molecule has 0 heterocycles. The Labute approximate surface area is 97.9 Å². The van der Waals surface area contributed by atoms with E-state index < -0.39 is 6.09 Å². The van der Waals surface area contributed by atoms with E-state index >= 15 is 0 Å². The van der Waals surface area contributed by atoms with E-state index in [-0.39, 0.29) is 13.2 Å². The Bertz CT molecular complexity index is 370. The van der Waals surface area contributed by atoms with Crippen molar-refractivity contribution in [3.8, 4) is 5.75 Å². The van der Waals surface area contributed by atoms with Crippen molar-refractivity contribution in [3.63, 3.8) is 0 Å². The summed E-state index contributed by atoms with van der Waals surface area (Å²) >= 11 is 5.86. The van der Waals surface area contributed by atoms with Gasteiger partial charge in [-0.15, -0.1) is 0 Å². The van der Waals surface area contributed by atoms with Crippen LogP contribution in [-0.4, -0.2) is 31.5 Å². The maximum Gasteiger partial charge on any atom is 0.411 e. The SMILES string of the molecule is COc1ccc(Cl)c(NC(=O)OCCO)c1. The predicted molar refractivity (Wildman–Crippen MR) is 60.1 cm³/mol. The first-order valence-corrected chi connectivity index (χ1v) is 4.93. The monoisotopic (exact) mass is 245 g/mol. The molecule has 0 aliphatic heterocycles. The van der Waals surface area contributed by atoms with E-state index in [1.807, 2.05) is 0 Å². The zero-order valence-electron chi connectivity index (χ0n) is 8.70. The first-order valence-electron chi connectivity index (χ1n) is 4.55. The highest BCUT2D eigenvalue weighted by Gasteiger charge is 2.07. The molecular weight excluding hydrogens is 234 g/mol. The van der Waals surface area contributed by atoms with Crippen LogP contribution >= 0.6 is 11.6 Å². The molecule has 0 aliphatic rings. The van der Waals surface area contributed by atoms with Crippen molar-refractivity contribution in [1.82, 2.24) is 0 Å². The van der Waals surface area contributed by atoms with E-state index in [2.05, 4.69) is 10.1 Å². The number of hydrogen-bond acceptors (Lipinski definition) is 4. The van der Waals surface area contributed by atoms with Crippen LogP contribution in [0.15, 0.2) is 18.2 Å². The number of hydrogen-bond donors (Lipinski definition) is 2. The third-order valence-corrected chi connectivity index (χ3v) is 2.06. The molecule has 0 saturated heterocycles. The number of nitrogens with one attached hydrogen (secondary N) is 1. The van der Waals surface area contributed by atoms with Gasteiger partial charge < -0.3 is 14.6 Å². The minimum Gasteiger partial charge on any atom is -0.497 e. The molecule has 0 atom stereocenters. The van der Waals surface area contributed by atoms with E-state index in [0.717, 1.165) is 0 Å².